The van der Waals surface area contributed by atoms with Gasteiger partial charge in [-0.3, -0.25) is 9.59 Å². The molecule has 8 heteroatoms. The zero-order valence-corrected chi connectivity index (χ0v) is 17.5. The zero-order chi connectivity index (χ0) is 20.9. The molecule has 28 heavy (non-hydrogen) atoms. The predicted molar refractivity (Wildman–Crippen MR) is 106 cm³/mol. The van der Waals surface area contributed by atoms with Gasteiger partial charge in [-0.05, 0) is 52.7 Å². The number of nitrogens with one attached hydrogen (secondary N) is 1. The van der Waals surface area contributed by atoms with Crippen molar-refractivity contribution in [3.63, 3.8) is 0 Å². The SMILES string of the molecule is CC(=O)c1ccc(SCC(=O)NC2CCN(C(=O)OC(C)(C)C)CC2)c(F)c1. The molecule has 2 rings (SSSR count). The van der Waals surface area contributed by atoms with E-state index in [1.54, 1.807) is 11.0 Å². The maximum Gasteiger partial charge on any atom is 0.410 e. The molecule has 6 nitrogen and oxygen atoms in total. The molecule has 0 aliphatic carbocycles. The second-order valence-electron chi connectivity index (χ2n) is 7.80. The highest BCUT2D eigenvalue weighted by Crippen LogP contribution is 2.23. The Kier molecular flexibility index (Phi) is 7.46. The lowest BCUT2D eigenvalue weighted by molar-refractivity contribution is -0.119. The van der Waals surface area contributed by atoms with Crippen LogP contribution in [0.25, 0.3) is 0 Å². The number of benzene rings is 1. The number of carbonyl (C=O) groups is 3. The highest BCUT2D eigenvalue weighted by molar-refractivity contribution is 8.00. The number of amides is 2. The number of rotatable bonds is 5. The van der Waals surface area contributed by atoms with Crippen LogP contribution in [0.15, 0.2) is 23.1 Å². The van der Waals surface area contributed by atoms with Crippen LogP contribution in [0.3, 0.4) is 0 Å². The summed E-state index contributed by atoms with van der Waals surface area (Å²) < 4.78 is 19.4. The first-order chi connectivity index (χ1) is 13.0. The van der Waals surface area contributed by atoms with Crippen molar-refractivity contribution < 1.29 is 23.5 Å². The Morgan fingerprint density at radius 1 is 1.25 bits per heavy atom. The standard InChI is InChI=1S/C20H27FN2O4S/c1-13(24)14-5-6-17(16(21)11-14)28-12-18(25)22-15-7-9-23(10-8-15)19(26)27-20(2,3)4/h5-6,11,15H,7-10,12H2,1-4H3,(H,22,25). The number of piperidine rings is 1. The van der Waals surface area contributed by atoms with E-state index in [0.717, 1.165) is 11.8 Å². The van der Waals surface area contributed by atoms with E-state index in [0.29, 0.717) is 36.4 Å². The lowest BCUT2D eigenvalue weighted by Gasteiger charge is -2.33. The van der Waals surface area contributed by atoms with E-state index < -0.39 is 11.4 Å². The Morgan fingerprint density at radius 2 is 1.89 bits per heavy atom. The number of likely N-dealkylation sites (tertiary alicyclic amines) is 1. The normalized spacial score (nSPS) is 15.2. The molecule has 0 radical (unpaired) electrons. The van der Waals surface area contributed by atoms with Gasteiger partial charge in [-0.1, -0.05) is 6.07 Å². The minimum absolute atomic E-state index is 0.0169. The molecule has 0 atom stereocenters. The predicted octanol–water partition coefficient (Wildman–Crippen LogP) is 3.64. The lowest BCUT2D eigenvalue weighted by Crippen LogP contribution is -2.48. The molecule has 1 aromatic carbocycles. The molecule has 2 amide bonds. The van der Waals surface area contributed by atoms with Crippen LogP contribution >= 0.6 is 11.8 Å². The van der Waals surface area contributed by atoms with Gasteiger partial charge in [-0.25, -0.2) is 9.18 Å². The van der Waals surface area contributed by atoms with Gasteiger partial charge in [0.05, 0.1) is 5.75 Å². The number of hydrogen-bond acceptors (Lipinski definition) is 5. The van der Waals surface area contributed by atoms with Crippen molar-refractivity contribution in [2.75, 3.05) is 18.8 Å². The highest BCUT2D eigenvalue weighted by Gasteiger charge is 2.27. The first-order valence-corrected chi connectivity index (χ1v) is 10.2. The van der Waals surface area contributed by atoms with Crippen LogP contribution < -0.4 is 5.32 Å². The Hall–Kier alpha value is -2.09. The molecule has 0 aromatic heterocycles. The van der Waals surface area contributed by atoms with Crippen molar-refractivity contribution in [1.82, 2.24) is 10.2 Å². The molecule has 154 valence electrons. The Bertz CT molecular complexity index is 740. The van der Waals surface area contributed by atoms with Gasteiger partial charge < -0.3 is 15.0 Å². The maximum atomic E-state index is 14.0. The van der Waals surface area contributed by atoms with Gasteiger partial charge >= 0.3 is 6.09 Å². The van der Waals surface area contributed by atoms with Crippen LogP contribution in [0.5, 0.6) is 0 Å². The van der Waals surface area contributed by atoms with E-state index in [1.807, 2.05) is 20.8 Å². The van der Waals surface area contributed by atoms with Crippen molar-refractivity contribution in [2.24, 2.45) is 0 Å². The summed E-state index contributed by atoms with van der Waals surface area (Å²) in [6.07, 6.45) is 0.964. The summed E-state index contributed by atoms with van der Waals surface area (Å²) in [5.41, 5.74) is -0.222. The molecule has 0 unspecified atom stereocenters. The molecule has 1 aliphatic rings. The summed E-state index contributed by atoms with van der Waals surface area (Å²) in [6, 6.07) is 4.24. The number of hydrogen-bond donors (Lipinski definition) is 1. The molecule has 0 saturated carbocycles. The highest BCUT2D eigenvalue weighted by atomic mass is 32.2. The molecule has 1 aromatic rings. The van der Waals surface area contributed by atoms with Crippen LogP contribution in [0.2, 0.25) is 0 Å². The number of carbonyl (C=O) groups excluding carboxylic acids is 3. The number of nitrogens with zero attached hydrogens (tertiary/aromatic N) is 1. The third-order valence-electron chi connectivity index (χ3n) is 4.21. The number of halogens is 1. The fourth-order valence-electron chi connectivity index (χ4n) is 2.78. The second kappa shape index (κ2) is 9.41. The Labute approximate surface area is 169 Å². The van der Waals surface area contributed by atoms with Crippen molar-refractivity contribution in [2.45, 2.75) is 57.1 Å². The van der Waals surface area contributed by atoms with Crippen molar-refractivity contribution in [3.8, 4) is 0 Å². The fraction of sp³-hybridized carbons (Fsp3) is 0.550. The van der Waals surface area contributed by atoms with Crippen LogP contribution in [0, 0.1) is 5.82 Å². The summed E-state index contributed by atoms with van der Waals surface area (Å²) in [7, 11) is 0. The van der Waals surface area contributed by atoms with Gasteiger partial charge in [0.15, 0.2) is 5.78 Å². The third kappa shape index (κ3) is 6.82. The van der Waals surface area contributed by atoms with E-state index in [2.05, 4.69) is 5.32 Å². The Balaban J connectivity index is 1.76. The molecule has 1 fully saturated rings. The summed E-state index contributed by atoms with van der Waals surface area (Å²) in [5, 5.41) is 2.93. The van der Waals surface area contributed by atoms with Gasteiger partial charge in [-0.15, -0.1) is 11.8 Å². The molecule has 1 heterocycles. The van der Waals surface area contributed by atoms with E-state index in [1.165, 1.54) is 19.1 Å². The van der Waals surface area contributed by atoms with Crippen LogP contribution in [0.1, 0.15) is 50.9 Å². The first kappa shape index (κ1) is 22.2. The summed E-state index contributed by atoms with van der Waals surface area (Å²) in [6.45, 7) is 7.90. The Morgan fingerprint density at radius 3 is 2.43 bits per heavy atom. The minimum Gasteiger partial charge on any atom is -0.444 e. The summed E-state index contributed by atoms with van der Waals surface area (Å²) in [5.74, 6) is -0.805. The molecule has 0 bridgehead atoms. The molecule has 1 N–H and O–H groups in total. The molecule has 1 saturated heterocycles. The molecule has 0 spiro atoms. The van der Waals surface area contributed by atoms with Crippen LogP contribution in [-0.4, -0.2) is 53.2 Å². The number of Topliss-reactive ketones (excluding diaryl/α,β-unsaturated/α-hetero) is 1. The fourth-order valence-corrected chi connectivity index (χ4v) is 3.51. The van der Waals surface area contributed by atoms with Crippen LogP contribution in [-0.2, 0) is 9.53 Å². The van der Waals surface area contributed by atoms with Crippen molar-refractivity contribution in [3.05, 3.63) is 29.6 Å². The summed E-state index contributed by atoms with van der Waals surface area (Å²) in [4.78, 5) is 37.5. The van der Waals surface area contributed by atoms with E-state index in [4.69, 9.17) is 4.74 Å². The topological polar surface area (TPSA) is 75.7 Å². The number of ether oxygens (including phenoxy) is 1. The maximum absolute atomic E-state index is 14.0. The average molecular weight is 411 g/mol. The zero-order valence-electron chi connectivity index (χ0n) is 16.7. The van der Waals surface area contributed by atoms with E-state index in [9.17, 15) is 18.8 Å². The first-order valence-electron chi connectivity index (χ1n) is 9.26. The monoisotopic (exact) mass is 410 g/mol. The smallest absolute Gasteiger partial charge is 0.410 e. The summed E-state index contributed by atoms with van der Waals surface area (Å²) >= 11 is 1.09. The van der Waals surface area contributed by atoms with Crippen molar-refractivity contribution >= 4 is 29.5 Å². The molecule has 1 aliphatic heterocycles. The molecular weight excluding hydrogens is 383 g/mol. The van der Waals surface area contributed by atoms with Gasteiger partial charge in [0, 0.05) is 29.6 Å². The minimum atomic E-state index is -0.530. The second-order valence-corrected chi connectivity index (χ2v) is 8.82. The van der Waals surface area contributed by atoms with Gasteiger partial charge in [-0.2, -0.15) is 0 Å². The van der Waals surface area contributed by atoms with Gasteiger partial charge in [0.2, 0.25) is 5.91 Å². The lowest BCUT2D eigenvalue weighted by atomic mass is 10.1. The number of ketones is 1. The van der Waals surface area contributed by atoms with E-state index in [-0.39, 0.29) is 29.6 Å². The van der Waals surface area contributed by atoms with Crippen LogP contribution in [0.4, 0.5) is 9.18 Å². The van der Waals surface area contributed by atoms with Gasteiger partial charge in [0.25, 0.3) is 0 Å². The van der Waals surface area contributed by atoms with Crippen molar-refractivity contribution in [1.29, 1.82) is 0 Å². The van der Waals surface area contributed by atoms with Gasteiger partial charge in [0.1, 0.15) is 11.4 Å². The largest absolute Gasteiger partial charge is 0.444 e. The average Bonchev–Trinajstić information content (AvgIpc) is 2.59. The third-order valence-corrected chi connectivity index (χ3v) is 5.26. The number of thioether (sulfide) groups is 1. The molecular formula is C20H27FN2O4S. The quantitative estimate of drug-likeness (QED) is 0.593. The van der Waals surface area contributed by atoms with E-state index >= 15 is 0 Å².